The minimum atomic E-state index is -0.733. The highest BCUT2D eigenvalue weighted by molar-refractivity contribution is 6.54. The van der Waals surface area contributed by atoms with Crippen LogP contribution in [-0.4, -0.2) is 17.7 Å². The molecule has 34 heavy (non-hydrogen) atoms. The van der Waals surface area contributed by atoms with Crippen molar-refractivity contribution in [2.45, 2.75) is 6.92 Å². The standard InChI is InChI=1S/C24H15Cl4N3O3/c1-12-5-6-15(26)11-18(12)30-22(32)13-3-2-4-16(9-13)29-21-20(28)23(33)31(24(21)34)19-8-7-14(25)10-17(19)27/h2-11,29H,1H3,(H,30,32). The lowest BCUT2D eigenvalue weighted by molar-refractivity contribution is -0.120. The van der Waals surface area contributed by atoms with Gasteiger partial charge in [0.15, 0.2) is 0 Å². The smallest absolute Gasteiger partial charge is 0.283 e. The van der Waals surface area contributed by atoms with Gasteiger partial charge in [0.1, 0.15) is 10.7 Å². The van der Waals surface area contributed by atoms with E-state index in [0.29, 0.717) is 27.0 Å². The first-order valence-electron chi connectivity index (χ1n) is 9.84. The molecule has 0 saturated carbocycles. The van der Waals surface area contributed by atoms with Crippen LogP contribution in [0.4, 0.5) is 17.1 Å². The number of hydrogen-bond donors (Lipinski definition) is 2. The second-order valence-electron chi connectivity index (χ2n) is 7.35. The normalized spacial score (nSPS) is 13.5. The lowest BCUT2D eigenvalue weighted by atomic mass is 10.1. The Balaban J connectivity index is 1.56. The number of amides is 3. The number of rotatable bonds is 5. The predicted molar refractivity (Wildman–Crippen MR) is 136 cm³/mol. The van der Waals surface area contributed by atoms with Crippen molar-refractivity contribution < 1.29 is 14.4 Å². The van der Waals surface area contributed by atoms with Gasteiger partial charge in [-0.05, 0) is 61.0 Å². The molecule has 0 spiro atoms. The van der Waals surface area contributed by atoms with Gasteiger partial charge >= 0.3 is 0 Å². The largest absolute Gasteiger partial charge is 0.350 e. The maximum absolute atomic E-state index is 13.0. The molecule has 1 aliphatic heterocycles. The Labute approximate surface area is 215 Å². The molecule has 3 amide bonds. The zero-order chi connectivity index (χ0) is 24.6. The van der Waals surface area contributed by atoms with Gasteiger partial charge in [-0.15, -0.1) is 0 Å². The zero-order valence-corrected chi connectivity index (χ0v) is 20.5. The lowest BCUT2D eigenvalue weighted by Gasteiger charge is -2.17. The number of hydrogen-bond acceptors (Lipinski definition) is 4. The van der Waals surface area contributed by atoms with Crippen molar-refractivity contribution in [3.8, 4) is 0 Å². The third-order valence-electron chi connectivity index (χ3n) is 5.02. The van der Waals surface area contributed by atoms with Gasteiger partial charge < -0.3 is 10.6 Å². The van der Waals surface area contributed by atoms with E-state index in [9.17, 15) is 14.4 Å². The quantitative estimate of drug-likeness (QED) is 0.359. The van der Waals surface area contributed by atoms with Crippen LogP contribution in [0.2, 0.25) is 15.1 Å². The Bertz CT molecular complexity index is 1390. The third kappa shape index (κ3) is 4.76. The SMILES string of the molecule is Cc1ccc(Cl)cc1NC(=O)c1cccc(NC2=C(Cl)C(=O)N(c3ccc(Cl)cc3Cl)C2=O)c1. The summed E-state index contributed by atoms with van der Waals surface area (Å²) in [7, 11) is 0. The van der Waals surface area contributed by atoms with Gasteiger partial charge in [0, 0.05) is 27.0 Å². The fourth-order valence-electron chi connectivity index (χ4n) is 3.30. The summed E-state index contributed by atoms with van der Waals surface area (Å²) in [4.78, 5) is 39.4. The van der Waals surface area contributed by atoms with Gasteiger partial charge in [0.25, 0.3) is 17.7 Å². The first-order chi connectivity index (χ1) is 16.2. The molecule has 3 aromatic rings. The minimum absolute atomic E-state index is 0.120. The van der Waals surface area contributed by atoms with Crippen molar-refractivity contribution in [3.63, 3.8) is 0 Å². The highest BCUT2D eigenvalue weighted by atomic mass is 35.5. The van der Waals surface area contributed by atoms with Crippen LogP contribution in [0.1, 0.15) is 15.9 Å². The second kappa shape index (κ2) is 9.68. The summed E-state index contributed by atoms with van der Waals surface area (Å²) in [5, 5.41) is 6.32. The molecule has 6 nitrogen and oxygen atoms in total. The highest BCUT2D eigenvalue weighted by Crippen LogP contribution is 2.35. The van der Waals surface area contributed by atoms with Gasteiger partial charge in [-0.2, -0.15) is 0 Å². The fraction of sp³-hybridized carbons (Fsp3) is 0.0417. The van der Waals surface area contributed by atoms with Crippen LogP contribution in [0.3, 0.4) is 0 Å². The molecular weight excluding hydrogens is 520 g/mol. The summed E-state index contributed by atoms with van der Waals surface area (Å²) >= 11 is 24.3. The Kier molecular flexibility index (Phi) is 6.86. The maximum Gasteiger partial charge on any atom is 0.283 e. The molecule has 0 fully saturated rings. The zero-order valence-electron chi connectivity index (χ0n) is 17.5. The van der Waals surface area contributed by atoms with Crippen molar-refractivity contribution >= 4 is 81.2 Å². The van der Waals surface area contributed by atoms with Crippen molar-refractivity contribution in [2.75, 3.05) is 15.5 Å². The molecule has 2 N–H and O–H groups in total. The molecule has 0 unspecified atom stereocenters. The average molecular weight is 535 g/mol. The molecule has 0 bridgehead atoms. The van der Waals surface area contributed by atoms with Crippen molar-refractivity contribution in [1.82, 2.24) is 0 Å². The van der Waals surface area contributed by atoms with E-state index in [1.165, 1.54) is 24.3 Å². The van der Waals surface area contributed by atoms with E-state index in [0.717, 1.165) is 10.5 Å². The fourth-order valence-corrected chi connectivity index (χ4v) is 4.18. The first kappa shape index (κ1) is 24.1. The summed E-state index contributed by atoms with van der Waals surface area (Å²) in [6.07, 6.45) is 0. The van der Waals surface area contributed by atoms with E-state index in [4.69, 9.17) is 46.4 Å². The van der Waals surface area contributed by atoms with E-state index in [1.807, 2.05) is 6.92 Å². The van der Waals surface area contributed by atoms with Crippen LogP contribution in [-0.2, 0) is 9.59 Å². The van der Waals surface area contributed by atoms with Gasteiger partial charge in [-0.1, -0.05) is 58.5 Å². The molecule has 1 heterocycles. The number of carbonyl (C=O) groups excluding carboxylic acids is 3. The summed E-state index contributed by atoms with van der Waals surface area (Å²) in [6, 6.07) is 16.0. The molecule has 3 aromatic carbocycles. The summed E-state index contributed by atoms with van der Waals surface area (Å²) in [5.74, 6) is -1.80. The molecule has 0 aromatic heterocycles. The van der Waals surface area contributed by atoms with Gasteiger partial charge in [0.2, 0.25) is 0 Å². The Morgan fingerprint density at radius 1 is 0.853 bits per heavy atom. The first-order valence-corrected chi connectivity index (χ1v) is 11.3. The summed E-state index contributed by atoms with van der Waals surface area (Å²) < 4.78 is 0. The van der Waals surface area contributed by atoms with Crippen molar-refractivity contribution in [3.05, 3.63) is 97.6 Å². The van der Waals surface area contributed by atoms with Gasteiger partial charge in [-0.3, -0.25) is 14.4 Å². The molecule has 0 radical (unpaired) electrons. The van der Waals surface area contributed by atoms with Crippen molar-refractivity contribution in [2.24, 2.45) is 0 Å². The molecule has 0 saturated heterocycles. The van der Waals surface area contributed by atoms with Crippen LogP contribution >= 0.6 is 46.4 Å². The van der Waals surface area contributed by atoms with E-state index >= 15 is 0 Å². The van der Waals surface area contributed by atoms with Crippen LogP contribution in [0.5, 0.6) is 0 Å². The molecule has 1 aliphatic rings. The minimum Gasteiger partial charge on any atom is -0.350 e. The molecule has 4 rings (SSSR count). The third-order valence-corrected chi connectivity index (χ3v) is 6.14. The number of nitrogens with one attached hydrogen (secondary N) is 2. The second-order valence-corrected chi connectivity index (χ2v) is 9.01. The van der Waals surface area contributed by atoms with E-state index < -0.39 is 11.8 Å². The molecule has 10 heteroatoms. The lowest BCUT2D eigenvalue weighted by Crippen LogP contribution is -2.32. The van der Waals surface area contributed by atoms with Crippen LogP contribution in [0.25, 0.3) is 0 Å². The highest BCUT2D eigenvalue weighted by Gasteiger charge is 2.39. The van der Waals surface area contributed by atoms with Crippen LogP contribution < -0.4 is 15.5 Å². The molecule has 0 aliphatic carbocycles. The summed E-state index contributed by atoms with van der Waals surface area (Å²) in [5.41, 5.74) is 2.14. The number of benzene rings is 3. The van der Waals surface area contributed by atoms with Crippen molar-refractivity contribution in [1.29, 1.82) is 0 Å². The van der Waals surface area contributed by atoms with Crippen LogP contribution in [0, 0.1) is 6.92 Å². The van der Waals surface area contributed by atoms with E-state index in [1.54, 1.807) is 36.4 Å². The summed E-state index contributed by atoms with van der Waals surface area (Å²) in [6.45, 7) is 1.85. The predicted octanol–water partition coefficient (Wildman–Crippen LogP) is 6.64. The number of carbonyl (C=O) groups is 3. The number of imide groups is 1. The van der Waals surface area contributed by atoms with Crippen LogP contribution in [0.15, 0.2) is 71.4 Å². The molecule has 172 valence electrons. The Hall–Kier alpha value is -3.03. The van der Waals surface area contributed by atoms with Gasteiger partial charge in [-0.25, -0.2) is 4.90 Å². The number of anilines is 3. The van der Waals surface area contributed by atoms with Gasteiger partial charge in [0.05, 0.1) is 10.7 Å². The molecule has 0 atom stereocenters. The Morgan fingerprint density at radius 3 is 2.29 bits per heavy atom. The average Bonchev–Trinajstić information content (AvgIpc) is 3.00. The molecular formula is C24H15Cl4N3O3. The number of halogens is 4. The van der Waals surface area contributed by atoms with E-state index in [2.05, 4.69) is 10.6 Å². The van der Waals surface area contributed by atoms with E-state index in [-0.39, 0.29) is 27.3 Å². The number of aryl methyl sites for hydroxylation is 1. The number of nitrogens with zero attached hydrogens (tertiary/aromatic N) is 1. The Morgan fingerprint density at radius 2 is 1.56 bits per heavy atom. The maximum atomic E-state index is 13.0. The topological polar surface area (TPSA) is 78.5 Å². The monoisotopic (exact) mass is 533 g/mol.